The van der Waals surface area contributed by atoms with Crippen LogP contribution >= 0.6 is 0 Å². The molecule has 0 aliphatic carbocycles. The van der Waals surface area contributed by atoms with Crippen molar-refractivity contribution in [2.24, 2.45) is 11.5 Å². The van der Waals surface area contributed by atoms with Crippen LogP contribution in [0.4, 0.5) is 0 Å². The van der Waals surface area contributed by atoms with Crippen LogP contribution < -0.4 is 16.8 Å². The van der Waals surface area contributed by atoms with Gasteiger partial charge < -0.3 is 16.8 Å². The van der Waals surface area contributed by atoms with Gasteiger partial charge in [0.15, 0.2) is 0 Å². The molecule has 0 unspecified atom stereocenters. The van der Waals surface area contributed by atoms with Crippen molar-refractivity contribution in [3.8, 4) is 0 Å². The molecule has 0 fully saturated rings. The lowest BCUT2D eigenvalue weighted by Crippen LogP contribution is -2.33. The molecule has 0 saturated carbocycles. The number of hydrogen-bond acceptors (Lipinski definition) is 3. The van der Waals surface area contributed by atoms with Crippen LogP contribution in [0.15, 0.2) is 24.3 Å². The Labute approximate surface area is 93.8 Å². The number of carbonyl (C=O) groups excluding carboxylic acids is 2. The minimum Gasteiger partial charge on any atom is -0.368 e. The zero-order valence-corrected chi connectivity index (χ0v) is 8.90. The molecule has 1 rings (SSSR count). The van der Waals surface area contributed by atoms with Crippen LogP contribution in [0.2, 0.25) is 0 Å². The summed E-state index contributed by atoms with van der Waals surface area (Å²) in [5.41, 5.74) is 11.9. The molecular formula is C11H15N3O2. The van der Waals surface area contributed by atoms with Crippen molar-refractivity contribution in [1.29, 1.82) is 0 Å². The van der Waals surface area contributed by atoms with Gasteiger partial charge in [-0.25, -0.2) is 0 Å². The normalized spacial score (nSPS) is 9.81. The maximum Gasteiger partial charge on any atom is 0.251 e. The van der Waals surface area contributed by atoms with Gasteiger partial charge in [0.1, 0.15) is 0 Å². The average molecular weight is 221 g/mol. The van der Waals surface area contributed by atoms with Crippen molar-refractivity contribution in [2.45, 2.75) is 6.42 Å². The zero-order chi connectivity index (χ0) is 12.0. The minimum atomic E-state index is -0.562. The Morgan fingerprint density at radius 3 is 2.31 bits per heavy atom. The van der Waals surface area contributed by atoms with Crippen LogP contribution in [0.3, 0.4) is 0 Å². The number of benzene rings is 1. The van der Waals surface area contributed by atoms with E-state index in [0.29, 0.717) is 12.1 Å². The molecule has 0 aliphatic heterocycles. The largest absolute Gasteiger partial charge is 0.368 e. The van der Waals surface area contributed by atoms with Gasteiger partial charge >= 0.3 is 0 Å². The number of nitrogens with one attached hydrogen (secondary N) is 1. The highest BCUT2D eigenvalue weighted by atomic mass is 16.2. The van der Waals surface area contributed by atoms with Crippen LogP contribution in [-0.2, 0) is 11.2 Å². The van der Waals surface area contributed by atoms with Crippen LogP contribution in [-0.4, -0.2) is 24.9 Å². The number of primary amides is 1. The van der Waals surface area contributed by atoms with Gasteiger partial charge in [0.2, 0.25) is 5.91 Å². The van der Waals surface area contributed by atoms with E-state index < -0.39 is 5.91 Å². The summed E-state index contributed by atoms with van der Waals surface area (Å²) >= 11 is 0. The third-order valence-corrected chi connectivity index (χ3v) is 2.07. The Hall–Kier alpha value is -1.88. The molecule has 5 nitrogen and oxygen atoms in total. The SMILES string of the molecule is NCCc1ccc(C(=O)NCC(N)=O)cc1. The summed E-state index contributed by atoms with van der Waals surface area (Å²) in [4.78, 5) is 21.9. The first-order chi connectivity index (χ1) is 7.63. The second-order valence-corrected chi connectivity index (χ2v) is 3.38. The molecule has 5 N–H and O–H groups in total. The quantitative estimate of drug-likeness (QED) is 0.619. The molecule has 5 heteroatoms. The molecule has 0 heterocycles. The Morgan fingerprint density at radius 2 is 1.81 bits per heavy atom. The predicted molar refractivity (Wildman–Crippen MR) is 60.7 cm³/mol. The predicted octanol–water partition coefficient (Wildman–Crippen LogP) is -0.597. The number of hydrogen-bond donors (Lipinski definition) is 3. The van der Waals surface area contributed by atoms with E-state index in [0.717, 1.165) is 12.0 Å². The van der Waals surface area contributed by atoms with Gasteiger partial charge in [0, 0.05) is 5.56 Å². The summed E-state index contributed by atoms with van der Waals surface area (Å²) in [6.45, 7) is 0.427. The molecule has 0 saturated heterocycles. The van der Waals surface area contributed by atoms with E-state index in [9.17, 15) is 9.59 Å². The maximum absolute atomic E-state index is 11.5. The highest BCUT2D eigenvalue weighted by Gasteiger charge is 2.05. The van der Waals surface area contributed by atoms with Crippen LogP contribution in [0.25, 0.3) is 0 Å². The standard InChI is InChI=1S/C11H15N3O2/c12-6-5-8-1-3-9(4-2-8)11(16)14-7-10(13)15/h1-4H,5-7,12H2,(H2,13,15)(H,14,16). The summed E-state index contributed by atoms with van der Waals surface area (Å²) < 4.78 is 0. The second kappa shape index (κ2) is 5.87. The van der Waals surface area contributed by atoms with Gasteiger partial charge in [-0.15, -0.1) is 0 Å². The summed E-state index contributed by atoms with van der Waals surface area (Å²) in [6, 6.07) is 7.07. The first-order valence-electron chi connectivity index (χ1n) is 4.99. The molecule has 0 atom stereocenters. The Morgan fingerprint density at radius 1 is 1.19 bits per heavy atom. The lowest BCUT2D eigenvalue weighted by atomic mass is 10.1. The second-order valence-electron chi connectivity index (χ2n) is 3.38. The molecule has 0 aliphatic rings. The van der Waals surface area contributed by atoms with E-state index in [1.165, 1.54) is 0 Å². The summed E-state index contributed by atoms with van der Waals surface area (Å²) in [5.74, 6) is -0.869. The van der Waals surface area contributed by atoms with Gasteiger partial charge in [0.25, 0.3) is 5.91 Å². The average Bonchev–Trinajstić information content (AvgIpc) is 2.27. The van der Waals surface area contributed by atoms with E-state index >= 15 is 0 Å². The fraction of sp³-hybridized carbons (Fsp3) is 0.273. The van der Waals surface area contributed by atoms with Gasteiger partial charge in [-0.2, -0.15) is 0 Å². The highest BCUT2D eigenvalue weighted by Crippen LogP contribution is 2.04. The molecular weight excluding hydrogens is 206 g/mol. The van der Waals surface area contributed by atoms with Crippen LogP contribution in [0, 0.1) is 0 Å². The topological polar surface area (TPSA) is 98.2 Å². The van der Waals surface area contributed by atoms with E-state index in [1.54, 1.807) is 12.1 Å². The molecule has 1 aromatic rings. The Kier molecular flexibility index (Phi) is 4.47. The molecule has 16 heavy (non-hydrogen) atoms. The fourth-order valence-corrected chi connectivity index (χ4v) is 1.26. The van der Waals surface area contributed by atoms with Crippen molar-refractivity contribution in [1.82, 2.24) is 5.32 Å². The molecule has 0 bridgehead atoms. The first-order valence-corrected chi connectivity index (χ1v) is 4.99. The third kappa shape index (κ3) is 3.70. The van der Waals surface area contributed by atoms with Gasteiger partial charge in [-0.1, -0.05) is 12.1 Å². The lowest BCUT2D eigenvalue weighted by molar-refractivity contribution is -0.117. The third-order valence-electron chi connectivity index (χ3n) is 2.07. The summed E-state index contributed by atoms with van der Waals surface area (Å²) in [7, 11) is 0. The number of carbonyl (C=O) groups is 2. The smallest absolute Gasteiger partial charge is 0.251 e. The van der Waals surface area contributed by atoms with Crippen molar-refractivity contribution in [3.05, 3.63) is 35.4 Å². The van der Waals surface area contributed by atoms with Gasteiger partial charge in [-0.3, -0.25) is 9.59 Å². The number of nitrogens with two attached hydrogens (primary N) is 2. The molecule has 1 aromatic carbocycles. The van der Waals surface area contributed by atoms with Crippen molar-refractivity contribution >= 4 is 11.8 Å². The molecule has 2 amide bonds. The van der Waals surface area contributed by atoms with Crippen molar-refractivity contribution < 1.29 is 9.59 Å². The summed E-state index contributed by atoms with van der Waals surface area (Å²) in [6.07, 6.45) is 0.781. The highest BCUT2D eigenvalue weighted by molar-refractivity contribution is 5.96. The van der Waals surface area contributed by atoms with E-state index in [-0.39, 0.29) is 12.5 Å². The fourth-order valence-electron chi connectivity index (χ4n) is 1.26. The first kappa shape index (κ1) is 12.2. The maximum atomic E-state index is 11.5. The number of rotatable bonds is 5. The van der Waals surface area contributed by atoms with Crippen LogP contribution in [0.5, 0.6) is 0 Å². The monoisotopic (exact) mass is 221 g/mol. The molecule has 0 aromatic heterocycles. The van der Waals surface area contributed by atoms with E-state index in [1.807, 2.05) is 12.1 Å². The Bertz CT molecular complexity index is 373. The Balaban J connectivity index is 2.59. The van der Waals surface area contributed by atoms with Crippen molar-refractivity contribution in [2.75, 3.05) is 13.1 Å². The van der Waals surface area contributed by atoms with Gasteiger partial charge in [0.05, 0.1) is 6.54 Å². The lowest BCUT2D eigenvalue weighted by Gasteiger charge is -2.04. The van der Waals surface area contributed by atoms with Crippen molar-refractivity contribution in [3.63, 3.8) is 0 Å². The summed E-state index contributed by atoms with van der Waals surface area (Å²) in [5, 5.41) is 2.41. The zero-order valence-electron chi connectivity index (χ0n) is 8.90. The minimum absolute atomic E-state index is 0.149. The molecule has 0 spiro atoms. The van der Waals surface area contributed by atoms with E-state index in [2.05, 4.69) is 5.32 Å². The number of amides is 2. The van der Waals surface area contributed by atoms with Crippen LogP contribution in [0.1, 0.15) is 15.9 Å². The van der Waals surface area contributed by atoms with Gasteiger partial charge in [-0.05, 0) is 30.7 Å². The molecule has 0 radical (unpaired) electrons. The van der Waals surface area contributed by atoms with E-state index in [4.69, 9.17) is 11.5 Å². The molecule has 86 valence electrons.